The molecule has 0 spiro atoms. The number of halogens is 1. The van der Waals surface area contributed by atoms with E-state index in [9.17, 15) is 0 Å². The van der Waals surface area contributed by atoms with Gasteiger partial charge >= 0.3 is 0 Å². The topological polar surface area (TPSA) is 50.7 Å². The van der Waals surface area contributed by atoms with Crippen molar-refractivity contribution in [2.24, 2.45) is 0 Å². The Labute approximate surface area is 119 Å². The van der Waals surface area contributed by atoms with Crippen molar-refractivity contribution in [1.82, 2.24) is 5.32 Å². The highest BCUT2D eigenvalue weighted by molar-refractivity contribution is 6.32. The second-order valence-corrected chi connectivity index (χ2v) is 4.43. The molecule has 108 valence electrons. The summed E-state index contributed by atoms with van der Waals surface area (Å²) in [5.74, 6) is 1.28. The van der Waals surface area contributed by atoms with Crippen LogP contribution in [0.4, 0.5) is 0 Å². The molecule has 0 atom stereocenters. The van der Waals surface area contributed by atoms with Crippen LogP contribution in [-0.2, 0) is 6.54 Å². The standard InChI is InChI=1S/C14H22ClNO3/c1-3-18-13-9-11(10-16-6-5-7-17)8-12(15)14(13)19-4-2/h8-9,16-17H,3-7,10H2,1-2H3. The minimum Gasteiger partial charge on any atom is -0.490 e. The number of hydrogen-bond donors (Lipinski definition) is 2. The molecule has 1 rings (SSSR count). The summed E-state index contributed by atoms with van der Waals surface area (Å²) in [5.41, 5.74) is 1.04. The molecular weight excluding hydrogens is 266 g/mol. The van der Waals surface area contributed by atoms with Gasteiger partial charge in [-0.3, -0.25) is 0 Å². The molecule has 0 unspecified atom stereocenters. The van der Waals surface area contributed by atoms with E-state index in [4.69, 9.17) is 26.2 Å². The molecule has 0 amide bonds. The summed E-state index contributed by atoms with van der Waals surface area (Å²) in [5, 5.41) is 12.5. The molecule has 2 N–H and O–H groups in total. The van der Waals surface area contributed by atoms with Gasteiger partial charge in [0.05, 0.1) is 18.2 Å². The molecule has 0 heterocycles. The SMILES string of the molecule is CCOc1cc(CNCCCO)cc(Cl)c1OCC. The zero-order chi connectivity index (χ0) is 14.1. The number of aliphatic hydroxyl groups is 1. The third-order valence-corrected chi connectivity index (χ3v) is 2.78. The van der Waals surface area contributed by atoms with Crippen LogP contribution in [0, 0.1) is 0 Å². The molecular formula is C14H22ClNO3. The van der Waals surface area contributed by atoms with Gasteiger partial charge in [0.1, 0.15) is 0 Å². The largest absolute Gasteiger partial charge is 0.490 e. The zero-order valence-electron chi connectivity index (χ0n) is 11.5. The number of rotatable bonds is 9. The van der Waals surface area contributed by atoms with Gasteiger partial charge < -0.3 is 19.9 Å². The molecule has 0 fully saturated rings. The number of benzene rings is 1. The molecule has 0 aromatic heterocycles. The van der Waals surface area contributed by atoms with Crippen LogP contribution in [0.2, 0.25) is 5.02 Å². The van der Waals surface area contributed by atoms with E-state index in [1.165, 1.54) is 0 Å². The zero-order valence-corrected chi connectivity index (χ0v) is 12.3. The molecule has 5 heteroatoms. The van der Waals surface area contributed by atoms with Gasteiger partial charge in [0.15, 0.2) is 11.5 Å². The van der Waals surface area contributed by atoms with Crippen molar-refractivity contribution in [3.05, 3.63) is 22.7 Å². The van der Waals surface area contributed by atoms with E-state index in [-0.39, 0.29) is 6.61 Å². The maximum atomic E-state index is 8.72. The molecule has 0 aliphatic heterocycles. The van der Waals surface area contributed by atoms with Gasteiger partial charge in [0.2, 0.25) is 0 Å². The number of ether oxygens (including phenoxy) is 2. The maximum Gasteiger partial charge on any atom is 0.179 e. The fourth-order valence-corrected chi connectivity index (χ4v) is 2.00. The van der Waals surface area contributed by atoms with Crippen LogP contribution in [-0.4, -0.2) is 31.5 Å². The summed E-state index contributed by atoms with van der Waals surface area (Å²) in [6.07, 6.45) is 0.739. The van der Waals surface area contributed by atoms with E-state index < -0.39 is 0 Å². The van der Waals surface area contributed by atoms with Crippen molar-refractivity contribution < 1.29 is 14.6 Å². The highest BCUT2D eigenvalue weighted by Crippen LogP contribution is 2.36. The fraction of sp³-hybridized carbons (Fsp3) is 0.571. The highest BCUT2D eigenvalue weighted by atomic mass is 35.5. The smallest absolute Gasteiger partial charge is 0.179 e. The Bertz CT molecular complexity index is 385. The van der Waals surface area contributed by atoms with Crippen molar-refractivity contribution >= 4 is 11.6 Å². The first-order valence-electron chi connectivity index (χ1n) is 6.62. The molecule has 0 saturated heterocycles. The van der Waals surface area contributed by atoms with Gasteiger partial charge in [-0.25, -0.2) is 0 Å². The molecule has 0 aliphatic carbocycles. The summed E-state index contributed by atoms with van der Waals surface area (Å²) in [6, 6.07) is 3.81. The van der Waals surface area contributed by atoms with Crippen LogP contribution in [0.25, 0.3) is 0 Å². The van der Waals surface area contributed by atoms with Crippen molar-refractivity contribution in [2.75, 3.05) is 26.4 Å². The van der Waals surface area contributed by atoms with E-state index >= 15 is 0 Å². The lowest BCUT2D eigenvalue weighted by molar-refractivity contribution is 0.285. The maximum absolute atomic E-state index is 8.72. The fourth-order valence-electron chi connectivity index (χ4n) is 1.71. The first kappa shape index (κ1) is 16.1. The van der Waals surface area contributed by atoms with Gasteiger partial charge in [-0.15, -0.1) is 0 Å². The number of hydrogen-bond acceptors (Lipinski definition) is 4. The van der Waals surface area contributed by atoms with E-state index in [1.54, 1.807) is 0 Å². The average Bonchev–Trinajstić information content (AvgIpc) is 2.39. The lowest BCUT2D eigenvalue weighted by Crippen LogP contribution is -2.15. The van der Waals surface area contributed by atoms with Crippen LogP contribution >= 0.6 is 11.6 Å². The van der Waals surface area contributed by atoms with E-state index in [2.05, 4.69) is 5.32 Å². The molecule has 0 saturated carbocycles. The third-order valence-electron chi connectivity index (χ3n) is 2.50. The van der Waals surface area contributed by atoms with Crippen LogP contribution < -0.4 is 14.8 Å². The summed E-state index contributed by atoms with van der Waals surface area (Å²) >= 11 is 6.22. The molecule has 1 aromatic rings. The molecule has 4 nitrogen and oxygen atoms in total. The normalized spacial score (nSPS) is 10.5. The highest BCUT2D eigenvalue weighted by Gasteiger charge is 2.11. The van der Waals surface area contributed by atoms with Crippen LogP contribution in [0.3, 0.4) is 0 Å². The Kier molecular flexibility index (Phi) is 7.63. The first-order chi connectivity index (χ1) is 9.22. The molecule has 0 aliphatic rings. The molecule has 0 radical (unpaired) electrons. The minimum atomic E-state index is 0.196. The average molecular weight is 288 g/mol. The molecule has 1 aromatic carbocycles. The second kappa shape index (κ2) is 9.02. The van der Waals surface area contributed by atoms with E-state index in [0.29, 0.717) is 36.3 Å². The Morgan fingerprint density at radius 2 is 1.95 bits per heavy atom. The van der Waals surface area contributed by atoms with E-state index in [0.717, 1.165) is 18.5 Å². The van der Waals surface area contributed by atoms with Crippen molar-refractivity contribution in [1.29, 1.82) is 0 Å². The summed E-state index contributed by atoms with van der Waals surface area (Å²) in [6.45, 7) is 6.61. The summed E-state index contributed by atoms with van der Waals surface area (Å²) in [7, 11) is 0. The third kappa shape index (κ3) is 5.27. The Morgan fingerprint density at radius 3 is 2.58 bits per heavy atom. The second-order valence-electron chi connectivity index (χ2n) is 4.02. The number of aliphatic hydroxyl groups excluding tert-OH is 1. The van der Waals surface area contributed by atoms with Crippen LogP contribution in [0.1, 0.15) is 25.8 Å². The van der Waals surface area contributed by atoms with Gasteiger partial charge in [-0.2, -0.15) is 0 Å². The first-order valence-corrected chi connectivity index (χ1v) is 7.00. The Balaban J connectivity index is 2.77. The predicted molar refractivity (Wildman–Crippen MR) is 77.2 cm³/mol. The van der Waals surface area contributed by atoms with Crippen molar-refractivity contribution in [3.63, 3.8) is 0 Å². The van der Waals surface area contributed by atoms with Crippen LogP contribution in [0.15, 0.2) is 12.1 Å². The Morgan fingerprint density at radius 1 is 1.21 bits per heavy atom. The van der Waals surface area contributed by atoms with Gasteiger partial charge in [0, 0.05) is 13.2 Å². The monoisotopic (exact) mass is 287 g/mol. The molecule has 19 heavy (non-hydrogen) atoms. The minimum absolute atomic E-state index is 0.196. The summed E-state index contributed by atoms with van der Waals surface area (Å²) in [4.78, 5) is 0. The lowest BCUT2D eigenvalue weighted by Gasteiger charge is -2.14. The van der Waals surface area contributed by atoms with Crippen LogP contribution in [0.5, 0.6) is 11.5 Å². The van der Waals surface area contributed by atoms with E-state index in [1.807, 2.05) is 26.0 Å². The Hall–Kier alpha value is -0.970. The predicted octanol–water partition coefficient (Wildman–Crippen LogP) is 2.61. The lowest BCUT2D eigenvalue weighted by atomic mass is 10.2. The van der Waals surface area contributed by atoms with Gasteiger partial charge in [-0.05, 0) is 44.5 Å². The number of nitrogens with one attached hydrogen (secondary N) is 1. The molecule has 0 bridgehead atoms. The van der Waals surface area contributed by atoms with Crippen molar-refractivity contribution in [2.45, 2.75) is 26.8 Å². The van der Waals surface area contributed by atoms with Gasteiger partial charge in [-0.1, -0.05) is 11.6 Å². The quantitative estimate of drug-likeness (QED) is 0.686. The summed E-state index contributed by atoms with van der Waals surface area (Å²) < 4.78 is 11.1. The van der Waals surface area contributed by atoms with Gasteiger partial charge in [0.25, 0.3) is 0 Å². The van der Waals surface area contributed by atoms with Crippen molar-refractivity contribution in [3.8, 4) is 11.5 Å².